The Morgan fingerprint density at radius 3 is 2.52 bits per heavy atom. The third kappa shape index (κ3) is 3.86. The Morgan fingerprint density at radius 1 is 1.20 bits per heavy atom. The van der Waals surface area contributed by atoms with Gasteiger partial charge < -0.3 is 10.1 Å². The molecule has 0 atom stereocenters. The molecule has 0 aliphatic heterocycles. The number of anilines is 2. The lowest BCUT2D eigenvalue weighted by Crippen LogP contribution is -2.11. The van der Waals surface area contributed by atoms with Crippen LogP contribution in [0.5, 0.6) is 0 Å². The molecular formula is C17H15Cl2N3O2S. The molecule has 0 amide bonds. The summed E-state index contributed by atoms with van der Waals surface area (Å²) in [6.07, 6.45) is 1.26. The minimum absolute atomic E-state index is 0.186. The van der Waals surface area contributed by atoms with E-state index in [1.165, 1.54) is 17.7 Å². The van der Waals surface area contributed by atoms with Gasteiger partial charge in [-0.2, -0.15) is 0 Å². The lowest BCUT2D eigenvalue weighted by molar-refractivity contribution is 0.0383. The van der Waals surface area contributed by atoms with Gasteiger partial charge in [0.2, 0.25) is 0 Å². The molecule has 25 heavy (non-hydrogen) atoms. The van der Waals surface area contributed by atoms with Gasteiger partial charge in [-0.15, -0.1) is 11.3 Å². The second kappa shape index (κ2) is 7.15. The van der Waals surface area contributed by atoms with Crippen LogP contribution in [0.25, 0.3) is 10.2 Å². The van der Waals surface area contributed by atoms with Crippen LogP contribution in [0.4, 0.5) is 11.5 Å². The van der Waals surface area contributed by atoms with Crippen molar-refractivity contribution in [3.8, 4) is 0 Å². The summed E-state index contributed by atoms with van der Waals surface area (Å²) in [7, 11) is 0. The number of aryl methyl sites for hydroxylation is 1. The lowest BCUT2D eigenvalue weighted by atomic mass is 10.2. The van der Waals surface area contributed by atoms with Crippen molar-refractivity contribution in [1.29, 1.82) is 0 Å². The quantitative estimate of drug-likeness (QED) is 0.581. The number of fused-ring (bicyclic) bond motifs is 1. The molecule has 0 radical (unpaired) electrons. The van der Waals surface area contributed by atoms with Gasteiger partial charge in [0.1, 0.15) is 21.9 Å². The molecule has 3 aromatic rings. The maximum atomic E-state index is 12.3. The zero-order chi connectivity index (χ0) is 18.1. The molecule has 0 fully saturated rings. The van der Waals surface area contributed by atoms with Crippen LogP contribution in [0.15, 0.2) is 24.5 Å². The van der Waals surface area contributed by atoms with Crippen LogP contribution in [0.3, 0.4) is 0 Å². The Morgan fingerprint density at radius 2 is 1.88 bits per heavy atom. The normalized spacial score (nSPS) is 11.1. The third-order valence-electron chi connectivity index (χ3n) is 3.38. The van der Waals surface area contributed by atoms with E-state index in [0.717, 1.165) is 10.9 Å². The Hall–Kier alpha value is -1.89. The van der Waals surface area contributed by atoms with E-state index >= 15 is 0 Å². The first-order valence-corrected chi connectivity index (χ1v) is 9.10. The Kier molecular flexibility index (Phi) is 5.13. The van der Waals surface area contributed by atoms with E-state index in [1.807, 2.05) is 20.8 Å². The van der Waals surface area contributed by atoms with Crippen molar-refractivity contribution in [2.24, 2.45) is 0 Å². The molecule has 1 N–H and O–H groups in total. The highest BCUT2D eigenvalue weighted by Crippen LogP contribution is 2.35. The molecule has 0 saturated heterocycles. The van der Waals surface area contributed by atoms with Crippen LogP contribution < -0.4 is 5.32 Å². The zero-order valence-corrected chi connectivity index (χ0v) is 16.1. The summed E-state index contributed by atoms with van der Waals surface area (Å²) >= 11 is 13.4. The number of carbonyl (C=O) groups is 1. The molecule has 0 spiro atoms. The van der Waals surface area contributed by atoms with E-state index in [4.69, 9.17) is 27.9 Å². The highest BCUT2D eigenvalue weighted by Gasteiger charge is 2.21. The number of esters is 1. The summed E-state index contributed by atoms with van der Waals surface area (Å²) < 4.78 is 5.30. The van der Waals surface area contributed by atoms with Gasteiger partial charge in [0.05, 0.1) is 11.5 Å². The van der Waals surface area contributed by atoms with Crippen LogP contribution in [0.1, 0.15) is 29.1 Å². The highest BCUT2D eigenvalue weighted by atomic mass is 35.5. The molecule has 0 aliphatic carbocycles. The minimum Gasteiger partial charge on any atom is -0.459 e. The number of carbonyl (C=O) groups excluding carboxylic acids is 1. The average molecular weight is 396 g/mol. The molecule has 0 bridgehead atoms. The molecule has 130 valence electrons. The largest absolute Gasteiger partial charge is 0.459 e. The monoisotopic (exact) mass is 395 g/mol. The van der Waals surface area contributed by atoms with Gasteiger partial charge in [0.15, 0.2) is 0 Å². The van der Waals surface area contributed by atoms with Crippen molar-refractivity contribution in [3.05, 3.63) is 45.0 Å². The molecule has 2 aromatic heterocycles. The lowest BCUT2D eigenvalue weighted by Gasteiger charge is -2.09. The molecule has 2 heterocycles. The van der Waals surface area contributed by atoms with Crippen molar-refractivity contribution >= 4 is 62.2 Å². The maximum absolute atomic E-state index is 12.3. The number of nitrogens with zero attached hydrogens (tertiary/aromatic N) is 2. The summed E-state index contributed by atoms with van der Waals surface area (Å²) in [5.74, 6) is 0.230. The number of hydrogen-bond acceptors (Lipinski definition) is 6. The Labute approximate surface area is 159 Å². The molecule has 8 heteroatoms. The van der Waals surface area contributed by atoms with Gasteiger partial charge in [-0.3, -0.25) is 0 Å². The topological polar surface area (TPSA) is 64.1 Å². The van der Waals surface area contributed by atoms with Crippen LogP contribution in [0.2, 0.25) is 10.0 Å². The molecule has 0 unspecified atom stereocenters. The molecular weight excluding hydrogens is 381 g/mol. The zero-order valence-electron chi connectivity index (χ0n) is 13.8. The predicted molar refractivity (Wildman–Crippen MR) is 102 cm³/mol. The molecule has 5 nitrogen and oxygen atoms in total. The first-order valence-electron chi connectivity index (χ1n) is 7.53. The van der Waals surface area contributed by atoms with Gasteiger partial charge >= 0.3 is 5.97 Å². The first kappa shape index (κ1) is 17.9. The van der Waals surface area contributed by atoms with Gasteiger partial charge in [-0.25, -0.2) is 14.8 Å². The van der Waals surface area contributed by atoms with Crippen LogP contribution in [0, 0.1) is 6.92 Å². The van der Waals surface area contributed by atoms with Crippen molar-refractivity contribution in [2.45, 2.75) is 26.9 Å². The van der Waals surface area contributed by atoms with E-state index in [1.54, 1.807) is 18.2 Å². The van der Waals surface area contributed by atoms with Gasteiger partial charge in [-0.1, -0.05) is 23.2 Å². The van der Waals surface area contributed by atoms with E-state index in [-0.39, 0.29) is 12.1 Å². The summed E-state index contributed by atoms with van der Waals surface area (Å²) in [4.78, 5) is 22.1. The summed E-state index contributed by atoms with van der Waals surface area (Å²) in [5, 5.41) is 5.01. The summed E-state index contributed by atoms with van der Waals surface area (Å²) in [5.41, 5.74) is 1.48. The van der Waals surface area contributed by atoms with Crippen molar-refractivity contribution in [2.75, 3.05) is 5.32 Å². The van der Waals surface area contributed by atoms with Crippen molar-refractivity contribution in [1.82, 2.24) is 9.97 Å². The smallest absolute Gasteiger partial charge is 0.348 e. The standard InChI is InChI=1S/C17H15Cl2N3O2S/c1-8(2)24-17(23)14-9(3)13-15(20-7-21-16(13)25-14)22-12-5-10(18)4-11(19)6-12/h4-8H,1-3H3,(H,20,21,22). The number of ether oxygens (including phenoxy) is 1. The first-order chi connectivity index (χ1) is 11.8. The SMILES string of the molecule is Cc1c(C(=O)OC(C)C)sc2ncnc(Nc3cc(Cl)cc(Cl)c3)c12. The minimum atomic E-state index is -0.354. The fourth-order valence-corrected chi connectivity index (χ4v) is 3.95. The molecule has 0 aliphatic rings. The number of halogens is 2. The second-order valence-corrected chi connectivity index (χ2v) is 7.57. The fraction of sp³-hybridized carbons (Fsp3) is 0.235. The van der Waals surface area contributed by atoms with E-state index in [2.05, 4.69) is 15.3 Å². The van der Waals surface area contributed by atoms with E-state index in [0.29, 0.717) is 31.3 Å². The number of aromatic nitrogens is 2. The number of benzene rings is 1. The average Bonchev–Trinajstić information content (AvgIpc) is 2.84. The third-order valence-corrected chi connectivity index (χ3v) is 5.00. The number of thiophene rings is 1. The van der Waals surface area contributed by atoms with Gasteiger partial charge in [0.25, 0.3) is 0 Å². The van der Waals surface area contributed by atoms with Gasteiger partial charge in [0, 0.05) is 15.7 Å². The second-order valence-electron chi connectivity index (χ2n) is 5.70. The van der Waals surface area contributed by atoms with Crippen LogP contribution in [-0.2, 0) is 4.74 Å². The molecule has 3 rings (SSSR count). The molecule has 1 aromatic carbocycles. The van der Waals surface area contributed by atoms with Gasteiger partial charge in [-0.05, 0) is 44.5 Å². The Bertz CT molecular complexity index is 936. The fourth-order valence-electron chi connectivity index (χ4n) is 2.39. The van der Waals surface area contributed by atoms with Crippen molar-refractivity contribution < 1.29 is 9.53 Å². The van der Waals surface area contributed by atoms with Crippen LogP contribution >= 0.6 is 34.5 Å². The molecule has 0 saturated carbocycles. The summed E-state index contributed by atoms with van der Waals surface area (Å²) in [6, 6.07) is 5.15. The van der Waals surface area contributed by atoms with E-state index in [9.17, 15) is 4.79 Å². The van der Waals surface area contributed by atoms with Crippen molar-refractivity contribution in [3.63, 3.8) is 0 Å². The van der Waals surface area contributed by atoms with Crippen LogP contribution in [-0.4, -0.2) is 22.0 Å². The highest BCUT2D eigenvalue weighted by molar-refractivity contribution is 7.20. The maximum Gasteiger partial charge on any atom is 0.348 e. The summed E-state index contributed by atoms with van der Waals surface area (Å²) in [6.45, 7) is 5.49. The predicted octanol–water partition coefficient (Wildman–Crippen LogP) is 5.62. The number of rotatable bonds is 4. The number of nitrogens with one attached hydrogen (secondary N) is 1. The number of hydrogen-bond donors (Lipinski definition) is 1. The van der Waals surface area contributed by atoms with E-state index < -0.39 is 0 Å². The Balaban J connectivity index is 2.04.